The first-order valence-electron chi connectivity index (χ1n) is 9.78. The number of anilines is 1. The number of aliphatic imine (C=N–C) groups is 1. The fraction of sp³-hybridized carbons (Fsp3) is 0.650. The molecule has 0 aromatic heterocycles. The summed E-state index contributed by atoms with van der Waals surface area (Å²) in [4.78, 5) is 7.23. The van der Waals surface area contributed by atoms with Crippen LogP contribution >= 0.6 is 0 Å². The second-order valence-corrected chi connectivity index (χ2v) is 6.65. The first-order valence-corrected chi connectivity index (χ1v) is 9.78. The van der Waals surface area contributed by atoms with Gasteiger partial charge in [0.05, 0.1) is 33.5 Å². The molecule has 7 nitrogen and oxygen atoms in total. The zero-order valence-electron chi connectivity index (χ0n) is 17.2. The Morgan fingerprint density at radius 1 is 1.37 bits per heavy atom. The van der Waals surface area contributed by atoms with Crippen LogP contribution in [0.5, 0.6) is 11.5 Å². The number of morpholine rings is 1. The number of rotatable bonds is 8. The summed E-state index contributed by atoms with van der Waals surface area (Å²) in [6.07, 6.45) is 0. The van der Waals surface area contributed by atoms with E-state index >= 15 is 0 Å². The maximum atomic E-state index is 5.66. The standard InChI is InChI=1S/C20H34N4O3/c1-6-21-20(22-13-15(3)24-10-11-26-14-16(24)4)23-17-8-9-18(25-5)19(12-17)27-7-2/h8-9,12,15-16H,6-7,10-11,13-14H2,1-5H3,(H2,21,22,23). The minimum atomic E-state index is 0.356. The fourth-order valence-corrected chi connectivity index (χ4v) is 3.19. The molecule has 2 N–H and O–H groups in total. The van der Waals surface area contributed by atoms with Crippen LogP contribution in [0.1, 0.15) is 27.7 Å². The maximum absolute atomic E-state index is 5.66. The van der Waals surface area contributed by atoms with Gasteiger partial charge in [-0.2, -0.15) is 0 Å². The zero-order chi connectivity index (χ0) is 19.6. The Morgan fingerprint density at radius 3 is 2.85 bits per heavy atom. The molecule has 0 radical (unpaired) electrons. The lowest BCUT2D eigenvalue weighted by atomic mass is 10.2. The molecule has 152 valence electrons. The molecular formula is C20H34N4O3. The summed E-state index contributed by atoms with van der Waals surface area (Å²) in [5.41, 5.74) is 0.909. The van der Waals surface area contributed by atoms with Crippen LogP contribution in [0.2, 0.25) is 0 Å². The lowest BCUT2D eigenvalue weighted by Crippen LogP contribution is -2.49. The van der Waals surface area contributed by atoms with Crippen LogP contribution < -0.4 is 20.1 Å². The van der Waals surface area contributed by atoms with Crippen molar-refractivity contribution in [3.05, 3.63) is 18.2 Å². The van der Waals surface area contributed by atoms with Crippen LogP contribution in [0.4, 0.5) is 5.69 Å². The number of ether oxygens (including phenoxy) is 3. The highest BCUT2D eigenvalue weighted by atomic mass is 16.5. The number of benzene rings is 1. The smallest absolute Gasteiger partial charge is 0.195 e. The SMILES string of the molecule is CCNC(=NCC(C)N1CCOCC1C)Nc1ccc(OC)c(OCC)c1. The van der Waals surface area contributed by atoms with E-state index in [9.17, 15) is 0 Å². The van der Waals surface area contributed by atoms with Gasteiger partial charge < -0.3 is 24.8 Å². The Bertz CT molecular complexity index is 609. The molecule has 2 unspecified atom stereocenters. The van der Waals surface area contributed by atoms with Gasteiger partial charge in [-0.15, -0.1) is 0 Å². The van der Waals surface area contributed by atoms with Gasteiger partial charge in [-0.1, -0.05) is 0 Å². The number of methoxy groups -OCH3 is 1. The Kier molecular flexibility index (Phi) is 8.67. The minimum absolute atomic E-state index is 0.356. The van der Waals surface area contributed by atoms with Crippen molar-refractivity contribution in [1.82, 2.24) is 10.2 Å². The molecule has 2 rings (SSSR count). The summed E-state index contributed by atoms with van der Waals surface area (Å²) < 4.78 is 16.5. The number of nitrogens with zero attached hydrogens (tertiary/aromatic N) is 2. The molecule has 1 fully saturated rings. The molecule has 0 amide bonds. The number of hydrogen-bond acceptors (Lipinski definition) is 5. The molecule has 1 aromatic carbocycles. The summed E-state index contributed by atoms with van der Waals surface area (Å²) in [6, 6.07) is 6.57. The Morgan fingerprint density at radius 2 is 2.19 bits per heavy atom. The van der Waals surface area contributed by atoms with Crippen molar-refractivity contribution in [1.29, 1.82) is 0 Å². The largest absolute Gasteiger partial charge is 0.493 e. The lowest BCUT2D eigenvalue weighted by molar-refractivity contribution is -0.0165. The van der Waals surface area contributed by atoms with Crippen LogP contribution in [-0.4, -0.2) is 69.5 Å². The first kappa shape index (κ1) is 21.3. The molecule has 0 aliphatic carbocycles. The molecule has 7 heteroatoms. The summed E-state index contributed by atoms with van der Waals surface area (Å²) in [7, 11) is 1.64. The zero-order valence-corrected chi connectivity index (χ0v) is 17.2. The van der Waals surface area contributed by atoms with Gasteiger partial charge in [0.25, 0.3) is 0 Å². The van der Waals surface area contributed by atoms with Crippen LogP contribution in [0.25, 0.3) is 0 Å². The highest BCUT2D eigenvalue weighted by Crippen LogP contribution is 2.30. The predicted octanol–water partition coefficient (Wildman–Crippen LogP) is 2.58. The molecule has 1 heterocycles. The number of hydrogen-bond donors (Lipinski definition) is 2. The van der Waals surface area contributed by atoms with E-state index in [1.165, 1.54) is 0 Å². The van der Waals surface area contributed by atoms with Gasteiger partial charge >= 0.3 is 0 Å². The molecular weight excluding hydrogens is 344 g/mol. The van der Waals surface area contributed by atoms with Gasteiger partial charge in [0.1, 0.15) is 0 Å². The van der Waals surface area contributed by atoms with Crippen LogP contribution in [-0.2, 0) is 4.74 Å². The average Bonchev–Trinajstić information content (AvgIpc) is 2.67. The van der Waals surface area contributed by atoms with E-state index in [2.05, 4.69) is 36.3 Å². The third-order valence-corrected chi connectivity index (χ3v) is 4.57. The summed E-state index contributed by atoms with van der Waals surface area (Å²) >= 11 is 0. The quantitative estimate of drug-likeness (QED) is 0.535. The molecule has 0 saturated carbocycles. The molecule has 1 aliphatic heterocycles. The Hall–Kier alpha value is -1.99. The average molecular weight is 379 g/mol. The molecule has 2 atom stereocenters. The van der Waals surface area contributed by atoms with Gasteiger partial charge in [0.2, 0.25) is 0 Å². The van der Waals surface area contributed by atoms with Gasteiger partial charge in [0, 0.05) is 36.9 Å². The van der Waals surface area contributed by atoms with E-state index in [0.717, 1.165) is 49.4 Å². The van der Waals surface area contributed by atoms with E-state index in [0.29, 0.717) is 25.2 Å². The van der Waals surface area contributed by atoms with Gasteiger partial charge in [-0.3, -0.25) is 9.89 Å². The topological polar surface area (TPSA) is 67.4 Å². The highest BCUT2D eigenvalue weighted by molar-refractivity contribution is 5.93. The van der Waals surface area contributed by atoms with E-state index in [4.69, 9.17) is 19.2 Å². The third-order valence-electron chi connectivity index (χ3n) is 4.57. The van der Waals surface area contributed by atoms with Crippen LogP contribution in [0, 0.1) is 0 Å². The van der Waals surface area contributed by atoms with Gasteiger partial charge in [0.15, 0.2) is 17.5 Å². The molecule has 1 aliphatic rings. The highest BCUT2D eigenvalue weighted by Gasteiger charge is 2.23. The lowest BCUT2D eigenvalue weighted by Gasteiger charge is -2.37. The van der Waals surface area contributed by atoms with E-state index in [1.54, 1.807) is 7.11 Å². The summed E-state index contributed by atoms with van der Waals surface area (Å²) in [5, 5.41) is 6.66. The number of guanidine groups is 1. The van der Waals surface area contributed by atoms with Crippen molar-refractivity contribution in [3.8, 4) is 11.5 Å². The maximum Gasteiger partial charge on any atom is 0.195 e. The van der Waals surface area contributed by atoms with Crippen molar-refractivity contribution >= 4 is 11.6 Å². The fourth-order valence-electron chi connectivity index (χ4n) is 3.19. The molecule has 1 aromatic rings. The van der Waals surface area contributed by atoms with E-state index in [-0.39, 0.29) is 0 Å². The molecule has 1 saturated heterocycles. The van der Waals surface area contributed by atoms with E-state index < -0.39 is 0 Å². The van der Waals surface area contributed by atoms with E-state index in [1.807, 2.05) is 25.1 Å². The molecule has 0 spiro atoms. The second-order valence-electron chi connectivity index (χ2n) is 6.65. The third kappa shape index (κ3) is 6.29. The molecule has 27 heavy (non-hydrogen) atoms. The Labute approximate surface area is 163 Å². The van der Waals surface area contributed by atoms with Crippen molar-refractivity contribution in [2.75, 3.05) is 51.9 Å². The summed E-state index contributed by atoms with van der Waals surface area (Å²) in [5.74, 6) is 2.20. The first-order chi connectivity index (χ1) is 13.1. The van der Waals surface area contributed by atoms with Crippen molar-refractivity contribution in [2.24, 2.45) is 4.99 Å². The minimum Gasteiger partial charge on any atom is -0.493 e. The second kappa shape index (κ2) is 11.0. The van der Waals surface area contributed by atoms with Crippen molar-refractivity contribution in [2.45, 2.75) is 39.8 Å². The summed E-state index contributed by atoms with van der Waals surface area (Å²) in [6.45, 7) is 13.1. The monoisotopic (exact) mass is 378 g/mol. The van der Waals surface area contributed by atoms with Crippen LogP contribution in [0.3, 0.4) is 0 Å². The molecule has 0 bridgehead atoms. The Balaban J connectivity index is 2.05. The van der Waals surface area contributed by atoms with Gasteiger partial charge in [-0.05, 0) is 39.8 Å². The van der Waals surface area contributed by atoms with Crippen LogP contribution in [0.15, 0.2) is 23.2 Å². The van der Waals surface area contributed by atoms with Crippen molar-refractivity contribution in [3.63, 3.8) is 0 Å². The normalized spacial score (nSPS) is 19.4. The predicted molar refractivity (Wildman–Crippen MR) is 110 cm³/mol. The number of nitrogens with one attached hydrogen (secondary N) is 2. The van der Waals surface area contributed by atoms with Gasteiger partial charge in [-0.25, -0.2) is 0 Å². The van der Waals surface area contributed by atoms with Crippen molar-refractivity contribution < 1.29 is 14.2 Å².